The van der Waals surface area contributed by atoms with Gasteiger partial charge in [-0.3, -0.25) is 0 Å². The van der Waals surface area contributed by atoms with Crippen LogP contribution in [0.2, 0.25) is 0 Å². The highest BCUT2D eigenvalue weighted by Crippen LogP contribution is 2.31. The van der Waals surface area contributed by atoms with Crippen molar-refractivity contribution >= 4 is 48.3 Å². The second-order valence-corrected chi connectivity index (χ2v) is 6.25. The molecule has 2 aromatic carbocycles. The molecule has 0 saturated heterocycles. The molecule has 1 N–H and O–H groups in total. The summed E-state index contributed by atoms with van der Waals surface area (Å²) in [7, 11) is 0. The maximum Gasteiger partial charge on any atom is 0.188 e. The fourth-order valence-electron chi connectivity index (χ4n) is 1.82. The summed E-state index contributed by atoms with van der Waals surface area (Å²) in [6.45, 7) is 1.98. The lowest BCUT2D eigenvalue weighted by molar-refractivity contribution is 0.598. The molecule has 0 fully saturated rings. The summed E-state index contributed by atoms with van der Waals surface area (Å²) in [5.41, 5.74) is 2.02. The summed E-state index contributed by atoms with van der Waals surface area (Å²) in [5, 5.41) is 3.35. The van der Waals surface area contributed by atoms with Crippen LogP contribution < -0.4 is 5.32 Å². The molecule has 3 rings (SSSR count). The molecule has 0 bridgehead atoms. The van der Waals surface area contributed by atoms with E-state index in [9.17, 15) is 8.78 Å². The van der Waals surface area contributed by atoms with E-state index in [1.807, 2.05) is 25.1 Å². The molecular weight excluding hydrogens is 346 g/mol. The average Bonchev–Trinajstić information content (AvgIpc) is 2.77. The zero-order valence-electron chi connectivity index (χ0n) is 10.4. The first-order valence-electron chi connectivity index (χ1n) is 5.82. The van der Waals surface area contributed by atoms with Crippen molar-refractivity contribution < 1.29 is 8.78 Å². The van der Waals surface area contributed by atoms with Crippen molar-refractivity contribution in [3.05, 3.63) is 52.0 Å². The van der Waals surface area contributed by atoms with Crippen molar-refractivity contribution in [1.82, 2.24) is 4.98 Å². The zero-order chi connectivity index (χ0) is 14.3. The van der Waals surface area contributed by atoms with Gasteiger partial charge in [-0.2, -0.15) is 0 Å². The van der Waals surface area contributed by atoms with Gasteiger partial charge in [-0.25, -0.2) is 13.8 Å². The van der Waals surface area contributed by atoms with Crippen LogP contribution in [0.1, 0.15) is 5.56 Å². The highest BCUT2D eigenvalue weighted by atomic mass is 79.9. The minimum absolute atomic E-state index is 0.0708. The quantitative estimate of drug-likeness (QED) is 0.624. The van der Waals surface area contributed by atoms with E-state index in [-0.39, 0.29) is 10.2 Å². The Balaban J connectivity index is 1.99. The van der Waals surface area contributed by atoms with E-state index in [2.05, 4.69) is 26.2 Å². The Labute approximate surface area is 126 Å². The van der Waals surface area contributed by atoms with Crippen molar-refractivity contribution in [2.45, 2.75) is 6.92 Å². The van der Waals surface area contributed by atoms with E-state index >= 15 is 0 Å². The van der Waals surface area contributed by atoms with E-state index in [0.29, 0.717) is 5.13 Å². The van der Waals surface area contributed by atoms with Crippen LogP contribution in [0, 0.1) is 18.6 Å². The maximum absolute atomic E-state index is 13.8. The Bertz CT molecular complexity index is 801. The van der Waals surface area contributed by atoms with Crippen molar-refractivity contribution in [3.63, 3.8) is 0 Å². The van der Waals surface area contributed by atoms with E-state index < -0.39 is 11.6 Å². The number of fused-ring (bicyclic) bond motifs is 1. The first-order valence-corrected chi connectivity index (χ1v) is 7.42. The third-order valence-corrected chi connectivity index (χ3v) is 4.35. The molecule has 102 valence electrons. The standard InChI is InChI=1S/C14H9BrF2N2S/c1-7-2-3-13-12(4-7)19-14(20-13)18-11-6-9(16)8(15)5-10(11)17/h2-6H,1H3,(H,18,19). The van der Waals surface area contributed by atoms with Gasteiger partial charge >= 0.3 is 0 Å². The molecule has 0 aliphatic rings. The van der Waals surface area contributed by atoms with Crippen LogP contribution in [-0.2, 0) is 0 Å². The van der Waals surface area contributed by atoms with Crippen LogP contribution >= 0.6 is 27.3 Å². The lowest BCUT2D eigenvalue weighted by Gasteiger charge is -2.05. The maximum atomic E-state index is 13.8. The van der Waals surface area contributed by atoms with Gasteiger partial charge in [0.1, 0.15) is 11.6 Å². The van der Waals surface area contributed by atoms with E-state index in [0.717, 1.165) is 27.9 Å². The van der Waals surface area contributed by atoms with Gasteiger partial charge in [-0.05, 0) is 46.6 Å². The van der Waals surface area contributed by atoms with Gasteiger partial charge in [0.15, 0.2) is 5.13 Å². The Morgan fingerprint density at radius 2 is 1.95 bits per heavy atom. The zero-order valence-corrected chi connectivity index (χ0v) is 12.8. The largest absolute Gasteiger partial charge is 0.329 e. The Hall–Kier alpha value is -1.53. The monoisotopic (exact) mass is 354 g/mol. The van der Waals surface area contributed by atoms with Gasteiger partial charge in [0.2, 0.25) is 0 Å². The SMILES string of the molecule is Cc1ccc2sc(Nc3cc(F)c(Br)cc3F)nc2c1. The number of thiazole rings is 1. The van der Waals surface area contributed by atoms with Gasteiger partial charge in [0.05, 0.1) is 20.4 Å². The number of aryl methyl sites for hydroxylation is 1. The summed E-state index contributed by atoms with van der Waals surface area (Å²) in [6.07, 6.45) is 0. The molecule has 20 heavy (non-hydrogen) atoms. The van der Waals surface area contributed by atoms with Crippen LogP contribution in [-0.4, -0.2) is 4.98 Å². The van der Waals surface area contributed by atoms with Crippen molar-refractivity contribution in [3.8, 4) is 0 Å². The smallest absolute Gasteiger partial charge is 0.188 e. The Kier molecular flexibility index (Phi) is 3.43. The number of hydrogen-bond acceptors (Lipinski definition) is 3. The van der Waals surface area contributed by atoms with Gasteiger partial charge in [0, 0.05) is 6.07 Å². The lowest BCUT2D eigenvalue weighted by atomic mass is 10.2. The van der Waals surface area contributed by atoms with E-state index in [1.54, 1.807) is 0 Å². The van der Waals surface area contributed by atoms with Crippen molar-refractivity contribution in [2.75, 3.05) is 5.32 Å². The van der Waals surface area contributed by atoms with Gasteiger partial charge in [-0.15, -0.1) is 0 Å². The second kappa shape index (κ2) is 5.10. The average molecular weight is 355 g/mol. The van der Waals surface area contributed by atoms with Crippen LogP contribution in [0.25, 0.3) is 10.2 Å². The number of halogens is 3. The molecule has 0 radical (unpaired) electrons. The van der Waals surface area contributed by atoms with Gasteiger partial charge in [-0.1, -0.05) is 17.4 Å². The van der Waals surface area contributed by atoms with Crippen molar-refractivity contribution in [1.29, 1.82) is 0 Å². The van der Waals surface area contributed by atoms with E-state index in [1.165, 1.54) is 11.3 Å². The van der Waals surface area contributed by atoms with Gasteiger partial charge < -0.3 is 5.32 Å². The molecule has 6 heteroatoms. The number of hydrogen-bond donors (Lipinski definition) is 1. The number of nitrogens with one attached hydrogen (secondary N) is 1. The third-order valence-electron chi connectivity index (χ3n) is 2.79. The summed E-state index contributed by atoms with van der Waals surface area (Å²) >= 11 is 4.34. The highest BCUT2D eigenvalue weighted by Gasteiger charge is 2.11. The molecule has 0 unspecified atom stereocenters. The molecule has 0 atom stereocenters. The molecule has 1 heterocycles. The molecule has 0 aliphatic heterocycles. The Morgan fingerprint density at radius 1 is 1.15 bits per heavy atom. The van der Waals surface area contributed by atoms with Crippen LogP contribution in [0.3, 0.4) is 0 Å². The first kappa shape index (κ1) is 13.5. The molecular formula is C14H9BrF2N2S. The fraction of sp³-hybridized carbons (Fsp3) is 0.0714. The first-order chi connectivity index (χ1) is 9.52. The third kappa shape index (κ3) is 2.53. The molecule has 3 aromatic rings. The van der Waals surface area contributed by atoms with Gasteiger partial charge in [0.25, 0.3) is 0 Å². The highest BCUT2D eigenvalue weighted by molar-refractivity contribution is 9.10. The molecule has 0 aliphatic carbocycles. The minimum atomic E-state index is -0.534. The molecule has 0 amide bonds. The minimum Gasteiger partial charge on any atom is -0.329 e. The van der Waals surface area contributed by atoms with Crippen LogP contribution in [0.15, 0.2) is 34.8 Å². The summed E-state index contributed by atoms with van der Waals surface area (Å²) in [5.74, 6) is -1.06. The van der Waals surface area contributed by atoms with Crippen LogP contribution in [0.5, 0.6) is 0 Å². The second-order valence-electron chi connectivity index (χ2n) is 4.36. The predicted octanol–water partition coefficient (Wildman–Crippen LogP) is 5.39. The number of nitrogens with zero attached hydrogens (tertiary/aromatic N) is 1. The van der Waals surface area contributed by atoms with E-state index in [4.69, 9.17) is 0 Å². The summed E-state index contributed by atoms with van der Waals surface area (Å²) < 4.78 is 28.3. The number of rotatable bonds is 2. The number of aromatic nitrogens is 1. The molecule has 2 nitrogen and oxygen atoms in total. The number of anilines is 2. The normalized spacial score (nSPS) is 11.0. The van der Waals surface area contributed by atoms with Crippen LogP contribution in [0.4, 0.5) is 19.6 Å². The molecule has 0 saturated carbocycles. The summed E-state index contributed by atoms with van der Waals surface area (Å²) in [4.78, 5) is 4.37. The lowest BCUT2D eigenvalue weighted by Crippen LogP contribution is -1.95. The van der Waals surface area contributed by atoms with Crippen molar-refractivity contribution in [2.24, 2.45) is 0 Å². The molecule has 0 spiro atoms. The topological polar surface area (TPSA) is 24.9 Å². The molecule has 1 aromatic heterocycles. The predicted molar refractivity (Wildman–Crippen MR) is 81.7 cm³/mol. The summed E-state index contributed by atoms with van der Waals surface area (Å²) in [6, 6.07) is 8.11. The fourth-order valence-corrected chi connectivity index (χ4v) is 3.00. The Morgan fingerprint density at radius 3 is 2.75 bits per heavy atom. The number of benzene rings is 2.